The number of ether oxygens (including phenoxy) is 2. The minimum Gasteiger partial charge on any atom is -0.491 e. The predicted molar refractivity (Wildman–Crippen MR) is 62.6 cm³/mol. The van der Waals surface area contributed by atoms with E-state index in [0.717, 1.165) is 12.8 Å². The molecule has 1 fully saturated rings. The average Bonchev–Trinajstić information content (AvgIpc) is 2.32. The molecule has 0 saturated heterocycles. The largest absolute Gasteiger partial charge is 0.491 e. The van der Waals surface area contributed by atoms with Gasteiger partial charge in [-0.15, -0.1) is 0 Å². The molecule has 0 radical (unpaired) electrons. The molecule has 0 amide bonds. The minimum absolute atomic E-state index is 0.144. The number of hydrogen-bond acceptors (Lipinski definition) is 4. The summed E-state index contributed by atoms with van der Waals surface area (Å²) >= 11 is 0. The van der Waals surface area contributed by atoms with E-state index in [1.54, 1.807) is 12.4 Å². The van der Waals surface area contributed by atoms with Gasteiger partial charge >= 0.3 is 5.97 Å². The highest BCUT2D eigenvalue weighted by Gasteiger charge is 2.33. The molecule has 1 aromatic rings. The molecule has 0 spiro atoms. The van der Waals surface area contributed by atoms with E-state index in [4.69, 9.17) is 9.47 Å². The molecule has 17 heavy (non-hydrogen) atoms. The zero-order chi connectivity index (χ0) is 12.1. The van der Waals surface area contributed by atoms with Crippen molar-refractivity contribution in [2.24, 2.45) is 11.8 Å². The number of methoxy groups -OCH3 is 1. The molecule has 0 N–H and O–H groups in total. The summed E-state index contributed by atoms with van der Waals surface area (Å²) in [4.78, 5) is 15.6. The van der Waals surface area contributed by atoms with Gasteiger partial charge in [0.15, 0.2) is 0 Å². The van der Waals surface area contributed by atoms with E-state index in [0.29, 0.717) is 18.3 Å². The molecule has 1 aliphatic carbocycles. The molecule has 2 rings (SSSR count). The second-order valence-corrected chi connectivity index (χ2v) is 4.32. The SMILES string of the molecule is COC(=O)C(COc1cccnc1)C1CCC1. The zero-order valence-corrected chi connectivity index (χ0v) is 9.96. The molecule has 0 aromatic carbocycles. The molecule has 1 aliphatic rings. The number of rotatable bonds is 5. The number of carbonyl (C=O) groups excluding carboxylic acids is 1. The molecule has 4 nitrogen and oxygen atoms in total. The second-order valence-electron chi connectivity index (χ2n) is 4.32. The fourth-order valence-electron chi connectivity index (χ4n) is 2.01. The monoisotopic (exact) mass is 235 g/mol. The average molecular weight is 235 g/mol. The standard InChI is InChI=1S/C13H17NO3/c1-16-13(15)12(10-4-2-5-10)9-17-11-6-3-7-14-8-11/h3,6-8,10,12H,2,4-5,9H2,1H3. The molecule has 1 heterocycles. The van der Waals surface area contributed by atoms with Gasteiger partial charge in [-0.25, -0.2) is 0 Å². The number of hydrogen-bond donors (Lipinski definition) is 0. The molecule has 1 unspecified atom stereocenters. The third-order valence-electron chi connectivity index (χ3n) is 3.29. The Labute approximate surface area is 101 Å². The topological polar surface area (TPSA) is 48.4 Å². The first-order chi connectivity index (χ1) is 8.31. The van der Waals surface area contributed by atoms with Crippen LogP contribution in [0.5, 0.6) is 5.75 Å². The normalized spacial score (nSPS) is 17.0. The first-order valence-corrected chi connectivity index (χ1v) is 5.92. The first-order valence-electron chi connectivity index (χ1n) is 5.92. The Morgan fingerprint density at radius 2 is 2.41 bits per heavy atom. The lowest BCUT2D eigenvalue weighted by atomic mass is 9.76. The highest BCUT2D eigenvalue weighted by Crippen LogP contribution is 2.34. The summed E-state index contributed by atoms with van der Waals surface area (Å²) < 4.78 is 10.4. The lowest BCUT2D eigenvalue weighted by Gasteiger charge is -2.31. The van der Waals surface area contributed by atoms with Crippen molar-refractivity contribution >= 4 is 5.97 Å². The summed E-state index contributed by atoms with van der Waals surface area (Å²) in [6.45, 7) is 0.378. The van der Waals surface area contributed by atoms with E-state index < -0.39 is 0 Å². The van der Waals surface area contributed by atoms with Crippen LogP contribution in [0.3, 0.4) is 0 Å². The molecule has 4 heteroatoms. The molecule has 92 valence electrons. The summed E-state index contributed by atoms with van der Waals surface area (Å²) in [5.41, 5.74) is 0. The van der Waals surface area contributed by atoms with E-state index in [2.05, 4.69) is 4.98 Å². The van der Waals surface area contributed by atoms with Crippen LogP contribution in [-0.2, 0) is 9.53 Å². The molecule has 0 bridgehead atoms. The Hall–Kier alpha value is -1.58. The van der Waals surface area contributed by atoms with Gasteiger partial charge in [0.1, 0.15) is 12.4 Å². The van der Waals surface area contributed by atoms with Crippen molar-refractivity contribution in [1.29, 1.82) is 0 Å². The highest BCUT2D eigenvalue weighted by molar-refractivity contribution is 5.73. The van der Waals surface area contributed by atoms with Gasteiger partial charge in [-0.1, -0.05) is 6.42 Å². The second kappa shape index (κ2) is 5.66. The zero-order valence-electron chi connectivity index (χ0n) is 9.96. The van der Waals surface area contributed by atoms with Crippen LogP contribution in [0.2, 0.25) is 0 Å². The van der Waals surface area contributed by atoms with Gasteiger partial charge < -0.3 is 9.47 Å². The van der Waals surface area contributed by atoms with Crippen molar-refractivity contribution in [1.82, 2.24) is 4.98 Å². The van der Waals surface area contributed by atoms with Crippen molar-refractivity contribution in [3.8, 4) is 5.75 Å². The van der Waals surface area contributed by atoms with Crippen molar-refractivity contribution in [2.45, 2.75) is 19.3 Å². The minimum atomic E-state index is -0.168. The third-order valence-corrected chi connectivity index (χ3v) is 3.29. The molecular weight excluding hydrogens is 218 g/mol. The van der Waals surface area contributed by atoms with E-state index in [-0.39, 0.29) is 11.9 Å². The van der Waals surface area contributed by atoms with Crippen LogP contribution in [0.25, 0.3) is 0 Å². The maximum atomic E-state index is 11.6. The van der Waals surface area contributed by atoms with Gasteiger partial charge in [0.25, 0.3) is 0 Å². The van der Waals surface area contributed by atoms with Crippen molar-refractivity contribution in [3.63, 3.8) is 0 Å². The number of carbonyl (C=O) groups is 1. The van der Waals surface area contributed by atoms with Gasteiger partial charge in [0.05, 0.1) is 19.2 Å². The van der Waals surface area contributed by atoms with Crippen LogP contribution in [0.15, 0.2) is 24.5 Å². The summed E-state index contributed by atoms with van der Waals surface area (Å²) in [5.74, 6) is 0.799. The van der Waals surface area contributed by atoms with Gasteiger partial charge in [-0.3, -0.25) is 9.78 Å². The lowest BCUT2D eigenvalue weighted by Crippen LogP contribution is -2.34. The Morgan fingerprint density at radius 3 is 2.94 bits per heavy atom. The maximum Gasteiger partial charge on any atom is 0.312 e. The smallest absolute Gasteiger partial charge is 0.312 e. The number of esters is 1. The molecule has 1 saturated carbocycles. The molecule has 1 aromatic heterocycles. The van der Waals surface area contributed by atoms with Crippen molar-refractivity contribution in [2.75, 3.05) is 13.7 Å². The van der Waals surface area contributed by atoms with Gasteiger partial charge in [-0.2, -0.15) is 0 Å². The van der Waals surface area contributed by atoms with Crippen LogP contribution in [0.4, 0.5) is 0 Å². The van der Waals surface area contributed by atoms with Crippen LogP contribution in [-0.4, -0.2) is 24.7 Å². The highest BCUT2D eigenvalue weighted by atomic mass is 16.5. The van der Waals surface area contributed by atoms with E-state index in [9.17, 15) is 4.79 Å². The Balaban J connectivity index is 1.91. The van der Waals surface area contributed by atoms with E-state index in [1.807, 2.05) is 12.1 Å². The fraction of sp³-hybridized carbons (Fsp3) is 0.538. The van der Waals surface area contributed by atoms with Crippen molar-refractivity contribution in [3.05, 3.63) is 24.5 Å². The maximum absolute atomic E-state index is 11.6. The lowest BCUT2D eigenvalue weighted by molar-refractivity contribution is -0.150. The van der Waals surface area contributed by atoms with Gasteiger partial charge in [-0.05, 0) is 30.9 Å². The molecular formula is C13H17NO3. The number of pyridine rings is 1. The summed E-state index contributed by atoms with van der Waals surface area (Å²) in [6, 6.07) is 3.65. The number of nitrogens with zero attached hydrogens (tertiary/aromatic N) is 1. The van der Waals surface area contributed by atoms with Crippen LogP contribution in [0.1, 0.15) is 19.3 Å². The summed E-state index contributed by atoms with van der Waals surface area (Å²) in [5, 5.41) is 0. The molecule has 0 aliphatic heterocycles. The Bertz CT molecular complexity index is 362. The summed E-state index contributed by atoms with van der Waals surface area (Å²) in [7, 11) is 1.43. The molecule has 1 atom stereocenters. The van der Waals surface area contributed by atoms with Gasteiger partial charge in [0.2, 0.25) is 0 Å². The van der Waals surface area contributed by atoms with Crippen molar-refractivity contribution < 1.29 is 14.3 Å². The van der Waals surface area contributed by atoms with E-state index in [1.165, 1.54) is 13.5 Å². The predicted octanol–water partition coefficient (Wildman–Crippen LogP) is 2.05. The van der Waals surface area contributed by atoms with Crippen LogP contribution < -0.4 is 4.74 Å². The van der Waals surface area contributed by atoms with Crippen LogP contribution >= 0.6 is 0 Å². The Kier molecular flexibility index (Phi) is 3.96. The third kappa shape index (κ3) is 2.96. The van der Waals surface area contributed by atoms with Gasteiger partial charge in [0, 0.05) is 6.20 Å². The summed E-state index contributed by atoms with van der Waals surface area (Å²) in [6.07, 6.45) is 6.73. The van der Waals surface area contributed by atoms with Crippen LogP contribution in [0, 0.1) is 11.8 Å². The quantitative estimate of drug-likeness (QED) is 0.733. The Morgan fingerprint density at radius 1 is 1.59 bits per heavy atom. The van der Waals surface area contributed by atoms with E-state index >= 15 is 0 Å². The first kappa shape index (κ1) is 11.9. The fourth-order valence-corrected chi connectivity index (χ4v) is 2.01. The number of aromatic nitrogens is 1.